The Morgan fingerprint density at radius 1 is 1.29 bits per heavy atom. The van der Waals surface area contributed by atoms with Crippen LogP contribution in [0.1, 0.15) is 22.8 Å². The number of para-hydroxylation sites is 1. The molecule has 3 heteroatoms. The summed E-state index contributed by atoms with van der Waals surface area (Å²) < 4.78 is 38.2. The fraction of sp³-hybridized carbons (Fsp3) is 0.0714. The largest absolute Gasteiger partial charge is 0.322 e. The van der Waals surface area contributed by atoms with Crippen LogP contribution in [0.15, 0.2) is 48.4 Å². The number of rotatable bonds is 2. The van der Waals surface area contributed by atoms with E-state index in [0.29, 0.717) is 5.56 Å². The monoisotopic (exact) mass is 250 g/mol. The zero-order chi connectivity index (χ0) is 16.6. The molecule has 0 heterocycles. The zero-order valence-corrected chi connectivity index (χ0v) is 9.77. The number of amides is 1. The van der Waals surface area contributed by atoms with Gasteiger partial charge in [0.25, 0.3) is 5.91 Å². The Morgan fingerprint density at radius 3 is 2.65 bits per heavy atom. The maximum Gasteiger partial charge on any atom is 0.257 e. The summed E-state index contributed by atoms with van der Waals surface area (Å²) in [5.41, 5.74) is 0.559. The van der Waals surface area contributed by atoms with Crippen molar-refractivity contribution in [2.75, 3.05) is 5.32 Å². The molecule has 2 aromatic rings. The molecule has 2 rings (SSSR count). The number of carbonyl (C=O) groups is 1. The van der Waals surface area contributed by atoms with Crippen molar-refractivity contribution in [1.29, 1.82) is 0 Å². The molecule has 86 valence electrons. The molecule has 0 aliphatic carbocycles. The molecule has 17 heavy (non-hydrogen) atoms. The summed E-state index contributed by atoms with van der Waals surface area (Å²) in [6.45, 7) is 1.70. The summed E-state index contributed by atoms with van der Waals surface area (Å²) in [5, 5.41) is 2.59. The van der Waals surface area contributed by atoms with Crippen LogP contribution in [-0.4, -0.2) is 5.91 Å². The molecule has 0 bridgehead atoms. The molecule has 0 aromatic heterocycles. The average molecular weight is 251 g/mol. The smallest absolute Gasteiger partial charge is 0.257 e. The molecule has 0 saturated heterocycles. The fourth-order valence-electron chi connectivity index (χ4n) is 1.41. The minimum atomic E-state index is -0.623. The molecule has 0 aliphatic heterocycles. The summed E-state index contributed by atoms with van der Waals surface area (Å²) in [7, 11) is 0. The minimum Gasteiger partial charge on any atom is -0.322 e. The van der Waals surface area contributed by atoms with Gasteiger partial charge in [0.15, 0.2) is 0 Å². The predicted molar refractivity (Wildman–Crippen MR) is 70.6 cm³/mol. The van der Waals surface area contributed by atoms with E-state index in [1.807, 2.05) is 0 Å². The lowest BCUT2D eigenvalue weighted by molar-refractivity contribution is 0.102. The molecule has 0 atom stereocenters. The molecular formula is C14H12ClNO. The number of benzene rings is 2. The molecule has 1 N–H and O–H groups in total. The second-order valence-corrected chi connectivity index (χ2v) is 3.79. The summed E-state index contributed by atoms with van der Waals surface area (Å²) in [6.07, 6.45) is 0. The van der Waals surface area contributed by atoms with Crippen molar-refractivity contribution in [2.45, 2.75) is 6.92 Å². The van der Waals surface area contributed by atoms with Gasteiger partial charge >= 0.3 is 0 Å². The van der Waals surface area contributed by atoms with Crippen LogP contribution in [0.3, 0.4) is 0 Å². The SMILES string of the molecule is [2H]c1c([2H])c([2H])c(NC(=O)c2c(C)cccc2Cl)c([2H])c1[2H]. The van der Waals surface area contributed by atoms with Crippen molar-refractivity contribution in [3.8, 4) is 0 Å². The maximum atomic E-state index is 12.3. The number of carbonyl (C=O) groups excluding carboxylic acids is 1. The normalized spacial score (nSPS) is 14.1. The fourth-order valence-corrected chi connectivity index (χ4v) is 1.72. The van der Waals surface area contributed by atoms with E-state index >= 15 is 0 Å². The second kappa shape index (κ2) is 5.02. The third-order valence-electron chi connectivity index (χ3n) is 2.19. The van der Waals surface area contributed by atoms with Crippen LogP contribution in [-0.2, 0) is 0 Å². The number of anilines is 1. The van der Waals surface area contributed by atoms with Gasteiger partial charge in [0, 0.05) is 5.69 Å². The number of hydrogen-bond acceptors (Lipinski definition) is 1. The molecular weight excluding hydrogens is 234 g/mol. The summed E-state index contributed by atoms with van der Waals surface area (Å²) in [5.74, 6) is -0.623. The van der Waals surface area contributed by atoms with E-state index in [9.17, 15) is 4.79 Å². The van der Waals surface area contributed by atoms with Crippen molar-refractivity contribution in [3.05, 3.63) is 64.6 Å². The van der Waals surface area contributed by atoms with Gasteiger partial charge in [-0.15, -0.1) is 0 Å². The predicted octanol–water partition coefficient (Wildman–Crippen LogP) is 3.90. The van der Waals surface area contributed by atoms with E-state index in [1.54, 1.807) is 25.1 Å². The highest BCUT2D eigenvalue weighted by Gasteiger charge is 2.12. The van der Waals surface area contributed by atoms with Gasteiger partial charge in [-0.3, -0.25) is 4.79 Å². The first-order chi connectivity index (χ1) is 10.3. The highest BCUT2D eigenvalue weighted by molar-refractivity contribution is 6.34. The van der Waals surface area contributed by atoms with Crippen LogP contribution in [0.25, 0.3) is 0 Å². The lowest BCUT2D eigenvalue weighted by Gasteiger charge is -2.09. The maximum absolute atomic E-state index is 12.3. The van der Waals surface area contributed by atoms with E-state index in [-0.39, 0.29) is 16.3 Å². The van der Waals surface area contributed by atoms with Crippen molar-refractivity contribution in [2.24, 2.45) is 0 Å². The molecule has 0 aliphatic rings. The van der Waals surface area contributed by atoms with E-state index < -0.39 is 36.1 Å². The minimum absolute atomic E-state index is 0.205. The van der Waals surface area contributed by atoms with E-state index in [1.165, 1.54) is 0 Å². The van der Waals surface area contributed by atoms with Gasteiger partial charge in [0.2, 0.25) is 0 Å². The Labute approximate surface area is 112 Å². The Balaban J connectivity index is 2.50. The Hall–Kier alpha value is -1.80. The first-order valence-corrected chi connectivity index (χ1v) is 5.27. The van der Waals surface area contributed by atoms with Gasteiger partial charge in [-0.05, 0) is 30.6 Å². The van der Waals surface area contributed by atoms with Gasteiger partial charge in [-0.2, -0.15) is 0 Å². The first kappa shape index (κ1) is 6.82. The van der Waals surface area contributed by atoms with Crippen LogP contribution < -0.4 is 5.32 Å². The van der Waals surface area contributed by atoms with Gasteiger partial charge in [-0.25, -0.2) is 0 Å². The Bertz CT molecular complexity index is 729. The summed E-state index contributed by atoms with van der Waals surface area (Å²) >= 11 is 6.00. The van der Waals surface area contributed by atoms with Gasteiger partial charge < -0.3 is 5.32 Å². The summed E-state index contributed by atoms with van der Waals surface area (Å²) in [4.78, 5) is 12.3. The molecule has 2 nitrogen and oxygen atoms in total. The van der Waals surface area contributed by atoms with Gasteiger partial charge in [0.05, 0.1) is 17.4 Å². The Kier molecular flexibility index (Phi) is 2.01. The summed E-state index contributed by atoms with van der Waals surface area (Å²) in [6, 6.07) is 2.47. The lowest BCUT2D eigenvalue weighted by Crippen LogP contribution is -2.13. The standard InChI is InChI=1S/C14H12ClNO/c1-10-6-5-9-12(15)13(10)14(17)16-11-7-3-2-4-8-11/h2-9H,1H3,(H,16,17)/i2D,3D,4D,7D,8D. The van der Waals surface area contributed by atoms with Crippen molar-refractivity contribution in [3.63, 3.8) is 0 Å². The quantitative estimate of drug-likeness (QED) is 0.861. The molecule has 0 spiro atoms. The highest BCUT2D eigenvalue weighted by atomic mass is 35.5. The van der Waals surface area contributed by atoms with Gasteiger partial charge in [-0.1, -0.05) is 41.9 Å². The second-order valence-electron chi connectivity index (χ2n) is 3.39. The molecule has 0 radical (unpaired) electrons. The van der Waals surface area contributed by atoms with Crippen molar-refractivity contribution < 1.29 is 11.6 Å². The van der Waals surface area contributed by atoms with E-state index in [0.717, 1.165) is 0 Å². The third-order valence-corrected chi connectivity index (χ3v) is 2.50. The van der Waals surface area contributed by atoms with Crippen LogP contribution in [0.5, 0.6) is 0 Å². The molecule has 2 aromatic carbocycles. The van der Waals surface area contributed by atoms with Crippen molar-refractivity contribution >= 4 is 23.2 Å². The number of nitrogens with one attached hydrogen (secondary N) is 1. The topological polar surface area (TPSA) is 29.1 Å². The van der Waals surface area contributed by atoms with Crippen LogP contribution in [0, 0.1) is 6.92 Å². The molecule has 0 unspecified atom stereocenters. The average Bonchev–Trinajstić information content (AvgIpc) is 2.47. The van der Waals surface area contributed by atoms with Crippen LogP contribution in [0.4, 0.5) is 5.69 Å². The Morgan fingerprint density at radius 2 is 2.00 bits per heavy atom. The van der Waals surface area contributed by atoms with Crippen LogP contribution in [0.2, 0.25) is 5.02 Å². The van der Waals surface area contributed by atoms with Crippen molar-refractivity contribution in [1.82, 2.24) is 0 Å². The molecule has 1 amide bonds. The van der Waals surface area contributed by atoms with Crippen LogP contribution >= 0.6 is 11.6 Å². The van der Waals surface area contributed by atoms with Gasteiger partial charge in [0.1, 0.15) is 0 Å². The number of halogens is 1. The van der Waals surface area contributed by atoms with E-state index in [4.69, 9.17) is 18.5 Å². The number of aryl methyl sites for hydroxylation is 1. The third kappa shape index (κ3) is 2.66. The molecule has 0 fully saturated rings. The zero-order valence-electron chi connectivity index (χ0n) is 14.0. The van der Waals surface area contributed by atoms with E-state index in [2.05, 4.69) is 5.32 Å². The lowest BCUT2D eigenvalue weighted by atomic mass is 10.1. The highest BCUT2D eigenvalue weighted by Crippen LogP contribution is 2.20. The molecule has 0 saturated carbocycles. The first-order valence-electron chi connectivity index (χ1n) is 7.39. The number of hydrogen-bond donors (Lipinski definition) is 1.